The maximum absolute atomic E-state index is 11.5. The van der Waals surface area contributed by atoms with Gasteiger partial charge in [0.05, 0.1) is 7.11 Å². The SMILES string of the molecule is COc1ccc(CNC(=O)OCc2cccs2)cc1. The van der Waals surface area contributed by atoms with Crippen molar-refractivity contribution in [3.05, 3.63) is 52.2 Å². The van der Waals surface area contributed by atoms with Gasteiger partial charge in [0, 0.05) is 11.4 Å². The number of carbonyl (C=O) groups is 1. The van der Waals surface area contributed by atoms with Crippen molar-refractivity contribution >= 4 is 17.4 Å². The monoisotopic (exact) mass is 277 g/mol. The third kappa shape index (κ3) is 4.30. The van der Waals surface area contributed by atoms with Gasteiger partial charge in [-0.05, 0) is 29.1 Å². The molecule has 1 aromatic heterocycles. The van der Waals surface area contributed by atoms with Crippen LogP contribution < -0.4 is 10.1 Å². The summed E-state index contributed by atoms with van der Waals surface area (Å²) in [4.78, 5) is 12.5. The molecule has 19 heavy (non-hydrogen) atoms. The molecular formula is C14H15NO3S. The van der Waals surface area contributed by atoms with E-state index in [9.17, 15) is 4.79 Å². The third-order valence-electron chi connectivity index (χ3n) is 2.52. The summed E-state index contributed by atoms with van der Waals surface area (Å²) in [5, 5.41) is 4.65. The molecule has 4 nitrogen and oxygen atoms in total. The van der Waals surface area contributed by atoms with E-state index in [1.807, 2.05) is 41.8 Å². The van der Waals surface area contributed by atoms with Gasteiger partial charge in [-0.3, -0.25) is 0 Å². The van der Waals surface area contributed by atoms with Gasteiger partial charge in [0.1, 0.15) is 12.4 Å². The highest BCUT2D eigenvalue weighted by molar-refractivity contribution is 7.09. The highest BCUT2D eigenvalue weighted by Gasteiger charge is 2.03. The number of hydrogen-bond donors (Lipinski definition) is 1. The molecule has 1 amide bonds. The summed E-state index contributed by atoms with van der Waals surface area (Å²) in [7, 11) is 1.62. The third-order valence-corrected chi connectivity index (χ3v) is 3.37. The lowest BCUT2D eigenvalue weighted by molar-refractivity contribution is 0.140. The lowest BCUT2D eigenvalue weighted by atomic mass is 10.2. The number of thiophene rings is 1. The molecule has 0 atom stereocenters. The zero-order valence-electron chi connectivity index (χ0n) is 10.6. The van der Waals surface area contributed by atoms with Crippen molar-refractivity contribution in [3.8, 4) is 5.75 Å². The molecule has 100 valence electrons. The number of benzene rings is 1. The second-order valence-electron chi connectivity index (χ2n) is 3.86. The van der Waals surface area contributed by atoms with E-state index < -0.39 is 6.09 Å². The Morgan fingerprint density at radius 2 is 2.05 bits per heavy atom. The maximum Gasteiger partial charge on any atom is 0.407 e. The van der Waals surface area contributed by atoms with Gasteiger partial charge in [0.2, 0.25) is 0 Å². The van der Waals surface area contributed by atoms with Gasteiger partial charge in [-0.2, -0.15) is 0 Å². The van der Waals surface area contributed by atoms with E-state index in [2.05, 4.69) is 5.32 Å². The van der Waals surface area contributed by atoms with Crippen LogP contribution in [-0.2, 0) is 17.9 Å². The van der Waals surface area contributed by atoms with Crippen molar-refractivity contribution in [3.63, 3.8) is 0 Å². The van der Waals surface area contributed by atoms with Crippen molar-refractivity contribution < 1.29 is 14.3 Å². The first kappa shape index (κ1) is 13.4. The van der Waals surface area contributed by atoms with Gasteiger partial charge in [0.25, 0.3) is 0 Å². The lowest BCUT2D eigenvalue weighted by Gasteiger charge is -2.07. The Kier molecular flexibility index (Phi) is 4.80. The van der Waals surface area contributed by atoms with Crippen LogP contribution in [0.1, 0.15) is 10.4 Å². The Balaban J connectivity index is 1.73. The average Bonchev–Trinajstić information content (AvgIpc) is 2.96. The van der Waals surface area contributed by atoms with Crippen molar-refractivity contribution in [2.75, 3.05) is 7.11 Å². The summed E-state index contributed by atoms with van der Waals surface area (Å²) in [6.07, 6.45) is -0.413. The summed E-state index contributed by atoms with van der Waals surface area (Å²) in [6, 6.07) is 11.4. The highest BCUT2D eigenvalue weighted by Crippen LogP contribution is 2.11. The number of nitrogens with one attached hydrogen (secondary N) is 1. The van der Waals surface area contributed by atoms with Gasteiger partial charge < -0.3 is 14.8 Å². The number of alkyl carbamates (subject to hydrolysis) is 1. The Bertz CT molecular complexity index is 508. The first-order valence-electron chi connectivity index (χ1n) is 5.84. The second kappa shape index (κ2) is 6.80. The summed E-state index contributed by atoms with van der Waals surface area (Å²) in [5.74, 6) is 0.795. The number of methoxy groups -OCH3 is 1. The van der Waals surface area contributed by atoms with Gasteiger partial charge in [0.15, 0.2) is 0 Å². The van der Waals surface area contributed by atoms with Crippen molar-refractivity contribution in [2.45, 2.75) is 13.2 Å². The molecule has 0 radical (unpaired) electrons. The fourth-order valence-corrected chi connectivity index (χ4v) is 2.12. The van der Waals surface area contributed by atoms with E-state index in [1.165, 1.54) is 0 Å². The molecule has 2 aromatic rings. The van der Waals surface area contributed by atoms with Crippen LogP contribution in [0.25, 0.3) is 0 Å². The largest absolute Gasteiger partial charge is 0.497 e. The molecule has 0 saturated heterocycles. The van der Waals surface area contributed by atoms with Crippen LogP contribution in [0.3, 0.4) is 0 Å². The van der Waals surface area contributed by atoms with Crippen LogP contribution in [0.5, 0.6) is 5.75 Å². The summed E-state index contributed by atoms with van der Waals surface area (Å²) < 4.78 is 10.2. The number of carbonyl (C=O) groups excluding carboxylic acids is 1. The second-order valence-corrected chi connectivity index (χ2v) is 4.89. The first-order valence-corrected chi connectivity index (χ1v) is 6.72. The van der Waals surface area contributed by atoms with E-state index in [0.717, 1.165) is 16.2 Å². The standard InChI is InChI=1S/C14H15NO3S/c1-17-12-6-4-11(5-7-12)9-15-14(16)18-10-13-3-2-8-19-13/h2-8H,9-10H2,1H3,(H,15,16). The summed E-state index contributed by atoms with van der Waals surface area (Å²) >= 11 is 1.56. The van der Waals surface area contributed by atoms with Crippen LogP contribution in [0, 0.1) is 0 Å². The Morgan fingerprint density at radius 3 is 2.68 bits per heavy atom. The molecule has 0 aliphatic heterocycles. The molecule has 1 heterocycles. The fourth-order valence-electron chi connectivity index (χ4n) is 1.50. The normalized spacial score (nSPS) is 9.95. The molecule has 2 rings (SSSR count). The minimum absolute atomic E-state index is 0.312. The molecule has 0 bridgehead atoms. The summed E-state index contributed by atoms with van der Waals surface area (Å²) in [5.41, 5.74) is 0.994. The Hall–Kier alpha value is -2.01. The topological polar surface area (TPSA) is 47.6 Å². The van der Waals surface area contributed by atoms with Crippen LogP contribution in [0.4, 0.5) is 4.79 Å². The van der Waals surface area contributed by atoms with Crippen LogP contribution >= 0.6 is 11.3 Å². The molecular weight excluding hydrogens is 262 g/mol. The van der Waals surface area contributed by atoms with E-state index in [-0.39, 0.29) is 0 Å². The van der Waals surface area contributed by atoms with Crippen molar-refractivity contribution in [2.24, 2.45) is 0 Å². The van der Waals surface area contributed by atoms with Crippen LogP contribution in [-0.4, -0.2) is 13.2 Å². The zero-order valence-corrected chi connectivity index (χ0v) is 11.4. The van der Waals surface area contributed by atoms with Gasteiger partial charge in [-0.15, -0.1) is 11.3 Å². The molecule has 0 aliphatic rings. The number of ether oxygens (including phenoxy) is 2. The van der Waals surface area contributed by atoms with E-state index in [0.29, 0.717) is 13.2 Å². The molecule has 0 unspecified atom stereocenters. The van der Waals surface area contributed by atoms with Crippen molar-refractivity contribution in [1.82, 2.24) is 5.32 Å². The highest BCUT2D eigenvalue weighted by atomic mass is 32.1. The molecule has 1 N–H and O–H groups in total. The number of amides is 1. The van der Waals surface area contributed by atoms with Crippen LogP contribution in [0.2, 0.25) is 0 Å². The molecule has 0 fully saturated rings. The van der Waals surface area contributed by atoms with Gasteiger partial charge in [-0.1, -0.05) is 18.2 Å². The zero-order chi connectivity index (χ0) is 13.5. The molecule has 5 heteroatoms. The average molecular weight is 277 g/mol. The maximum atomic E-state index is 11.5. The summed E-state index contributed by atoms with van der Waals surface area (Å²) in [6.45, 7) is 0.749. The van der Waals surface area contributed by atoms with Crippen LogP contribution in [0.15, 0.2) is 41.8 Å². The lowest BCUT2D eigenvalue weighted by Crippen LogP contribution is -2.23. The predicted octanol–water partition coefficient (Wildman–Crippen LogP) is 3.18. The van der Waals surface area contributed by atoms with Gasteiger partial charge >= 0.3 is 6.09 Å². The van der Waals surface area contributed by atoms with Crippen molar-refractivity contribution in [1.29, 1.82) is 0 Å². The van der Waals surface area contributed by atoms with E-state index in [4.69, 9.17) is 9.47 Å². The smallest absolute Gasteiger partial charge is 0.407 e. The quantitative estimate of drug-likeness (QED) is 0.913. The molecule has 1 aromatic carbocycles. The molecule has 0 spiro atoms. The minimum Gasteiger partial charge on any atom is -0.497 e. The fraction of sp³-hybridized carbons (Fsp3) is 0.214. The number of hydrogen-bond acceptors (Lipinski definition) is 4. The number of rotatable bonds is 5. The molecule has 0 aliphatic carbocycles. The predicted molar refractivity (Wildman–Crippen MR) is 74.3 cm³/mol. The molecule has 0 saturated carbocycles. The van der Waals surface area contributed by atoms with E-state index in [1.54, 1.807) is 18.4 Å². The van der Waals surface area contributed by atoms with E-state index >= 15 is 0 Å². The van der Waals surface area contributed by atoms with Gasteiger partial charge in [-0.25, -0.2) is 4.79 Å². The first-order chi connectivity index (χ1) is 9.28. The Morgan fingerprint density at radius 1 is 1.26 bits per heavy atom. The minimum atomic E-state index is -0.413. The Labute approximate surface area is 116 Å².